The quantitative estimate of drug-likeness (QED) is 0.114. The summed E-state index contributed by atoms with van der Waals surface area (Å²) in [7, 11) is 0. The summed E-state index contributed by atoms with van der Waals surface area (Å²) in [6, 6.07) is -0.747. The van der Waals surface area contributed by atoms with Crippen molar-refractivity contribution < 1.29 is 76.3 Å². The van der Waals surface area contributed by atoms with Crippen LogP contribution in [0.15, 0.2) is 0 Å². The fourth-order valence-corrected chi connectivity index (χ4v) is 8.45. The Labute approximate surface area is 345 Å². The summed E-state index contributed by atoms with van der Waals surface area (Å²) in [5.41, 5.74) is 0.334. The van der Waals surface area contributed by atoms with Crippen molar-refractivity contribution in [2.45, 2.75) is 124 Å². The van der Waals surface area contributed by atoms with E-state index in [9.17, 15) is 28.8 Å². The number of hydrogen-bond donors (Lipinski definition) is 2. The highest BCUT2D eigenvalue weighted by Crippen LogP contribution is 2.66. The Morgan fingerprint density at radius 2 is 1.02 bits per heavy atom. The van der Waals surface area contributed by atoms with E-state index in [2.05, 4.69) is 11.2 Å². The average molecular weight is 845 g/mol. The fourth-order valence-electron chi connectivity index (χ4n) is 8.45. The van der Waals surface area contributed by atoms with Crippen LogP contribution in [0.5, 0.6) is 0 Å². The minimum Gasteiger partial charge on any atom is -0.466 e. The summed E-state index contributed by atoms with van der Waals surface area (Å²) in [4.78, 5) is 95.3. The number of nitrogens with one attached hydrogen (secondary N) is 2. The Kier molecular flexibility index (Phi) is 17.4. The van der Waals surface area contributed by atoms with Gasteiger partial charge in [0.25, 0.3) is 0 Å². The molecule has 0 amide bonds. The maximum absolute atomic E-state index is 14.1. The smallest absolute Gasteiger partial charge is 0.324 e. The van der Waals surface area contributed by atoms with Gasteiger partial charge < -0.3 is 37.9 Å². The van der Waals surface area contributed by atoms with Gasteiger partial charge in [-0.3, -0.25) is 38.4 Å². The van der Waals surface area contributed by atoms with Gasteiger partial charge in [0.05, 0.1) is 39.6 Å². The molecule has 3 unspecified atom stereocenters. The van der Waals surface area contributed by atoms with Crippen molar-refractivity contribution >= 4 is 35.8 Å². The first kappa shape index (κ1) is 48.2. The highest BCUT2D eigenvalue weighted by molar-refractivity contribution is 6.02. The predicted octanol–water partition coefficient (Wildman–Crippen LogP) is 2.03. The molecule has 4 fully saturated rings. The van der Waals surface area contributed by atoms with Gasteiger partial charge in [0.15, 0.2) is 17.1 Å². The normalized spacial score (nSPS) is 29.5. The molecular weight excluding hydrogens is 780 g/mol. The Morgan fingerprint density at radius 1 is 0.559 bits per heavy atom. The van der Waals surface area contributed by atoms with E-state index in [1.165, 1.54) is 0 Å². The van der Waals surface area contributed by atoms with E-state index in [0.717, 1.165) is 0 Å². The first-order valence-electron chi connectivity index (χ1n) is 20.9. The first-order chi connectivity index (χ1) is 28.3. The van der Waals surface area contributed by atoms with Gasteiger partial charge in [0.2, 0.25) is 5.79 Å². The van der Waals surface area contributed by atoms with E-state index in [1.807, 2.05) is 0 Å². The van der Waals surface area contributed by atoms with Gasteiger partial charge in [-0.1, -0.05) is 0 Å². The maximum atomic E-state index is 14.1. The third-order valence-electron chi connectivity index (χ3n) is 11.3. The predicted molar refractivity (Wildman–Crippen MR) is 202 cm³/mol. The van der Waals surface area contributed by atoms with Gasteiger partial charge in [0, 0.05) is 44.8 Å². The van der Waals surface area contributed by atoms with Crippen LogP contribution < -0.4 is 11.2 Å². The molecule has 0 aromatic heterocycles. The van der Waals surface area contributed by atoms with Crippen LogP contribution in [0, 0.1) is 22.2 Å². The lowest BCUT2D eigenvalue weighted by Crippen LogP contribution is -2.63. The number of hydrazine groups is 2. The highest BCUT2D eigenvalue weighted by Gasteiger charge is 2.81. The molecule has 0 bridgehead atoms. The molecular formula is C39H64N4O16. The van der Waals surface area contributed by atoms with E-state index < -0.39 is 70.1 Å². The molecule has 4 aliphatic rings. The van der Waals surface area contributed by atoms with Gasteiger partial charge in [-0.25, -0.2) is 10.0 Å². The molecule has 2 aliphatic heterocycles. The van der Waals surface area contributed by atoms with E-state index >= 15 is 0 Å². The molecule has 2 saturated heterocycles. The summed E-state index contributed by atoms with van der Waals surface area (Å²) in [5, 5.41) is 3.27. The molecule has 4 rings (SSSR count). The van der Waals surface area contributed by atoms with E-state index in [-0.39, 0.29) is 97.3 Å². The second kappa shape index (κ2) is 21.3. The van der Waals surface area contributed by atoms with Gasteiger partial charge in [-0.05, 0) is 93.9 Å². The molecule has 4 atom stereocenters. The number of carbonyl (C=O) groups excluding carboxylic acids is 6. The standard InChI is InChI=1S/C39H64N4O16/c1-9-50-29(44)28-21-36(31(45)52-11-3,32(46)53-12-4)24-42(40-58-30(28)51-10-2)26-17-19-27(20-18-26)43-25-37(33(47)54-13-5,34(48)55-14-6)22-38(35(49)56-15-7)23-39(38,57-16-8)59-41-43/h26-28,30,40-41H,9-25H2,1-8H3/t26?,27?,28-,30?,38?,39?/m0/s1. The lowest BCUT2D eigenvalue weighted by molar-refractivity contribution is -0.283. The van der Waals surface area contributed by atoms with Crippen LogP contribution in [0.1, 0.15) is 100 Å². The maximum Gasteiger partial charge on any atom is 0.324 e. The van der Waals surface area contributed by atoms with Crippen LogP contribution >= 0.6 is 0 Å². The second-order valence-corrected chi connectivity index (χ2v) is 14.9. The number of ether oxygens (including phenoxy) is 8. The average Bonchev–Trinajstić information content (AvgIpc) is 3.82. The van der Waals surface area contributed by atoms with Crippen LogP contribution in [0.2, 0.25) is 0 Å². The number of esters is 6. The Balaban J connectivity index is 1.69. The van der Waals surface area contributed by atoms with Crippen LogP contribution in [0.4, 0.5) is 0 Å². The van der Waals surface area contributed by atoms with Gasteiger partial charge in [-0.15, -0.1) is 11.2 Å². The molecule has 59 heavy (non-hydrogen) atoms. The molecule has 0 aromatic carbocycles. The number of nitrogens with zero attached hydrogens (tertiary/aromatic N) is 2. The van der Waals surface area contributed by atoms with E-state index in [0.29, 0.717) is 25.7 Å². The Morgan fingerprint density at radius 3 is 1.49 bits per heavy atom. The lowest BCUT2D eigenvalue weighted by atomic mass is 9.75. The molecule has 336 valence electrons. The van der Waals surface area contributed by atoms with Crippen molar-refractivity contribution in [1.29, 1.82) is 0 Å². The second-order valence-electron chi connectivity index (χ2n) is 14.9. The van der Waals surface area contributed by atoms with Crippen molar-refractivity contribution in [2.24, 2.45) is 22.2 Å². The Bertz CT molecular complexity index is 1440. The molecule has 0 radical (unpaired) electrons. The molecule has 2 aliphatic carbocycles. The van der Waals surface area contributed by atoms with Gasteiger partial charge in [-0.2, -0.15) is 0 Å². The molecule has 2 saturated carbocycles. The fraction of sp³-hybridized carbons (Fsp3) is 0.846. The minimum absolute atomic E-state index is 0.00386. The van der Waals surface area contributed by atoms with Crippen LogP contribution in [-0.4, -0.2) is 136 Å². The lowest BCUT2D eigenvalue weighted by Gasteiger charge is -2.46. The van der Waals surface area contributed by atoms with Crippen LogP contribution in [-0.2, 0) is 76.3 Å². The molecule has 2 heterocycles. The Hall–Kier alpha value is -3.50. The molecule has 20 heteroatoms. The van der Waals surface area contributed by atoms with Crippen LogP contribution in [0.3, 0.4) is 0 Å². The summed E-state index contributed by atoms with van der Waals surface area (Å²) < 4.78 is 44.7. The van der Waals surface area contributed by atoms with E-state index in [4.69, 9.17) is 47.6 Å². The SMILES string of the molecule is CCOC(=O)[C@@H]1CC(C(=O)OCC)(C(=O)OCC)CN(C2CCC(N3CC(C(=O)OCC)(C(=O)OCC)CC4(C(=O)OCC)CC4(OCC)ON3)CC2)NOC1OCC. The van der Waals surface area contributed by atoms with Crippen molar-refractivity contribution in [2.75, 3.05) is 65.9 Å². The summed E-state index contributed by atoms with van der Waals surface area (Å²) in [5.74, 6) is -7.63. The number of rotatable bonds is 18. The third kappa shape index (κ3) is 10.0. The minimum atomic E-state index is -1.99. The first-order valence-corrected chi connectivity index (χ1v) is 20.9. The zero-order valence-electron chi connectivity index (χ0n) is 35.8. The van der Waals surface area contributed by atoms with Crippen molar-refractivity contribution in [1.82, 2.24) is 21.2 Å². The number of hydrogen-bond acceptors (Lipinski definition) is 20. The summed E-state index contributed by atoms with van der Waals surface area (Å²) in [6.45, 7) is 12.9. The highest BCUT2D eigenvalue weighted by atomic mass is 16.8. The zero-order chi connectivity index (χ0) is 43.4. The van der Waals surface area contributed by atoms with Gasteiger partial charge >= 0.3 is 35.8 Å². The monoisotopic (exact) mass is 844 g/mol. The number of carbonyl (C=O) groups is 6. The molecule has 2 N–H and O–H groups in total. The number of fused-ring (bicyclic) bond motifs is 1. The summed E-state index contributed by atoms with van der Waals surface area (Å²) >= 11 is 0. The topological polar surface area (TPSA) is 225 Å². The third-order valence-corrected chi connectivity index (χ3v) is 11.3. The molecule has 20 nitrogen and oxygen atoms in total. The molecule has 0 spiro atoms. The zero-order valence-corrected chi connectivity index (χ0v) is 35.8. The van der Waals surface area contributed by atoms with E-state index in [1.54, 1.807) is 65.4 Å². The van der Waals surface area contributed by atoms with Crippen molar-refractivity contribution in [3.63, 3.8) is 0 Å². The largest absolute Gasteiger partial charge is 0.466 e. The van der Waals surface area contributed by atoms with Crippen LogP contribution in [0.25, 0.3) is 0 Å². The van der Waals surface area contributed by atoms with Crippen molar-refractivity contribution in [3.05, 3.63) is 0 Å². The van der Waals surface area contributed by atoms with Crippen molar-refractivity contribution in [3.8, 4) is 0 Å². The molecule has 0 aromatic rings. The van der Waals surface area contributed by atoms with Gasteiger partial charge in [0.1, 0.15) is 11.3 Å². The summed E-state index contributed by atoms with van der Waals surface area (Å²) in [6.07, 6.45) is -0.275.